The minimum absolute atomic E-state index is 0.714. The number of hydrogen-bond acceptors (Lipinski definition) is 2. The molecule has 0 fully saturated rings. The first-order valence-electron chi connectivity index (χ1n) is 7.16. The lowest BCUT2D eigenvalue weighted by atomic mass is 10.1. The van der Waals surface area contributed by atoms with E-state index in [1.165, 1.54) is 44.3 Å². The zero-order valence-corrected chi connectivity index (χ0v) is 12.8. The van der Waals surface area contributed by atoms with Crippen LogP contribution < -0.4 is 5.32 Å². The van der Waals surface area contributed by atoms with Crippen LogP contribution in [0.2, 0.25) is 0 Å². The van der Waals surface area contributed by atoms with E-state index in [2.05, 4.69) is 44.4 Å². The van der Waals surface area contributed by atoms with Crippen molar-refractivity contribution < 1.29 is 0 Å². The molecule has 1 N–H and O–H groups in total. The summed E-state index contributed by atoms with van der Waals surface area (Å²) in [6, 6.07) is 0.714. The Morgan fingerprint density at radius 1 is 1.24 bits per heavy atom. The molecule has 0 saturated heterocycles. The van der Waals surface area contributed by atoms with Gasteiger partial charge in [-0.25, -0.2) is 0 Å². The first-order valence-corrected chi connectivity index (χ1v) is 8.21. The maximum atomic E-state index is 3.77. The van der Waals surface area contributed by atoms with Crippen molar-refractivity contribution in [2.45, 2.75) is 70.6 Å². The lowest BCUT2D eigenvalue weighted by Gasteiger charge is -2.19. The molecule has 0 spiro atoms. The van der Waals surface area contributed by atoms with Gasteiger partial charge in [-0.1, -0.05) is 39.7 Å². The van der Waals surface area contributed by atoms with Crippen LogP contribution in [0.25, 0.3) is 0 Å². The zero-order chi connectivity index (χ0) is 12.9. The second-order valence-electron chi connectivity index (χ2n) is 4.96. The first kappa shape index (κ1) is 17.1. The molecule has 1 atom stereocenters. The minimum Gasteiger partial charge on any atom is -0.313 e. The van der Waals surface area contributed by atoms with Crippen molar-refractivity contribution >= 4 is 11.8 Å². The van der Waals surface area contributed by atoms with Gasteiger partial charge < -0.3 is 5.32 Å². The van der Waals surface area contributed by atoms with E-state index >= 15 is 0 Å². The zero-order valence-electron chi connectivity index (χ0n) is 12.0. The van der Waals surface area contributed by atoms with Gasteiger partial charge in [0.2, 0.25) is 0 Å². The fourth-order valence-electron chi connectivity index (χ4n) is 1.76. The van der Waals surface area contributed by atoms with Crippen LogP contribution in [0.1, 0.15) is 59.3 Å². The third-order valence-electron chi connectivity index (χ3n) is 2.77. The van der Waals surface area contributed by atoms with Crippen LogP contribution in [0.5, 0.6) is 0 Å². The topological polar surface area (TPSA) is 12.0 Å². The molecule has 17 heavy (non-hydrogen) atoms. The van der Waals surface area contributed by atoms with Crippen molar-refractivity contribution in [3.05, 3.63) is 12.7 Å². The van der Waals surface area contributed by atoms with Crippen LogP contribution in [0.3, 0.4) is 0 Å². The fraction of sp³-hybridized carbons (Fsp3) is 0.867. The predicted molar refractivity (Wildman–Crippen MR) is 83.0 cm³/mol. The first-order chi connectivity index (χ1) is 8.20. The Hall–Kier alpha value is 0.0500. The summed E-state index contributed by atoms with van der Waals surface area (Å²) in [7, 11) is 0. The summed E-state index contributed by atoms with van der Waals surface area (Å²) >= 11 is 2.08. The van der Waals surface area contributed by atoms with Gasteiger partial charge in [0.15, 0.2) is 0 Å². The average molecular weight is 257 g/mol. The molecule has 0 bridgehead atoms. The highest BCUT2D eigenvalue weighted by Crippen LogP contribution is 2.14. The van der Waals surface area contributed by atoms with Crippen molar-refractivity contribution in [2.75, 3.05) is 12.3 Å². The molecule has 0 amide bonds. The van der Waals surface area contributed by atoms with Gasteiger partial charge in [-0.05, 0) is 37.5 Å². The van der Waals surface area contributed by atoms with Gasteiger partial charge in [-0.2, -0.15) is 11.8 Å². The Balaban J connectivity index is 3.64. The van der Waals surface area contributed by atoms with E-state index in [4.69, 9.17) is 0 Å². The van der Waals surface area contributed by atoms with Gasteiger partial charge >= 0.3 is 0 Å². The Kier molecular flexibility index (Phi) is 12.5. The average Bonchev–Trinajstić information content (AvgIpc) is 2.31. The number of thioether (sulfide) groups is 1. The van der Waals surface area contributed by atoms with Crippen molar-refractivity contribution in [1.82, 2.24) is 5.32 Å². The van der Waals surface area contributed by atoms with Crippen molar-refractivity contribution in [1.29, 1.82) is 0 Å². The van der Waals surface area contributed by atoms with Crippen LogP contribution in [0, 0.1) is 0 Å². The third kappa shape index (κ3) is 12.3. The summed E-state index contributed by atoms with van der Waals surface area (Å²) in [5.74, 6) is 1.26. The van der Waals surface area contributed by atoms with Gasteiger partial charge in [-0.3, -0.25) is 0 Å². The van der Waals surface area contributed by atoms with E-state index in [0.29, 0.717) is 6.04 Å². The third-order valence-corrected chi connectivity index (χ3v) is 4.04. The molecule has 102 valence electrons. The van der Waals surface area contributed by atoms with Crippen molar-refractivity contribution in [3.63, 3.8) is 0 Å². The number of allylic oxidation sites excluding steroid dienone is 1. The molecule has 0 aliphatic heterocycles. The van der Waals surface area contributed by atoms with Crippen molar-refractivity contribution in [2.24, 2.45) is 0 Å². The number of rotatable bonds is 12. The maximum absolute atomic E-state index is 3.77. The SMILES string of the molecule is C=CCCCCCC(CSC(C)C)NCCC. The quantitative estimate of drug-likeness (QED) is 0.404. The van der Waals surface area contributed by atoms with E-state index in [9.17, 15) is 0 Å². The largest absolute Gasteiger partial charge is 0.313 e. The van der Waals surface area contributed by atoms with Gasteiger partial charge in [0.1, 0.15) is 0 Å². The smallest absolute Gasteiger partial charge is 0.0158 e. The second kappa shape index (κ2) is 12.5. The Labute approximate surface area is 113 Å². The molecule has 0 aromatic heterocycles. The van der Waals surface area contributed by atoms with E-state index in [1.807, 2.05) is 6.08 Å². The molecular weight excluding hydrogens is 226 g/mol. The van der Waals surface area contributed by atoms with Crippen LogP contribution in [0.4, 0.5) is 0 Å². The fourth-order valence-corrected chi connectivity index (χ4v) is 2.66. The molecule has 0 aromatic rings. The molecule has 0 saturated carbocycles. The van der Waals surface area contributed by atoms with Crippen LogP contribution in [-0.4, -0.2) is 23.6 Å². The molecule has 0 rings (SSSR count). The van der Waals surface area contributed by atoms with Gasteiger partial charge in [-0.15, -0.1) is 6.58 Å². The molecule has 0 heterocycles. The lowest BCUT2D eigenvalue weighted by molar-refractivity contribution is 0.490. The van der Waals surface area contributed by atoms with E-state index < -0.39 is 0 Å². The molecular formula is C15H31NS. The van der Waals surface area contributed by atoms with Gasteiger partial charge in [0, 0.05) is 11.8 Å². The predicted octanol–water partition coefficient (Wildman–Crippen LogP) is 4.63. The highest BCUT2D eigenvalue weighted by Gasteiger charge is 2.08. The molecule has 1 nitrogen and oxygen atoms in total. The molecule has 0 radical (unpaired) electrons. The van der Waals surface area contributed by atoms with Gasteiger partial charge in [0.25, 0.3) is 0 Å². The van der Waals surface area contributed by atoms with E-state index in [0.717, 1.165) is 11.8 Å². The molecule has 0 aliphatic carbocycles. The Morgan fingerprint density at radius 3 is 2.59 bits per heavy atom. The second-order valence-corrected chi connectivity index (χ2v) is 6.57. The highest BCUT2D eigenvalue weighted by atomic mass is 32.2. The molecule has 1 unspecified atom stereocenters. The van der Waals surface area contributed by atoms with E-state index in [1.54, 1.807) is 0 Å². The van der Waals surface area contributed by atoms with Crippen LogP contribution in [0.15, 0.2) is 12.7 Å². The Morgan fingerprint density at radius 2 is 2.00 bits per heavy atom. The summed E-state index contributed by atoms with van der Waals surface area (Å²) in [5.41, 5.74) is 0. The normalized spacial score (nSPS) is 12.9. The van der Waals surface area contributed by atoms with E-state index in [-0.39, 0.29) is 0 Å². The molecule has 0 aromatic carbocycles. The summed E-state index contributed by atoms with van der Waals surface area (Å²) in [6.07, 6.45) is 9.78. The summed E-state index contributed by atoms with van der Waals surface area (Å²) in [4.78, 5) is 0. The molecule has 0 aliphatic rings. The lowest BCUT2D eigenvalue weighted by Crippen LogP contribution is -2.32. The highest BCUT2D eigenvalue weighted by molar-refractivity contribution is 7.99. The summed E-state index contributed by atoms with van der Waals surface area (Å²) in [6.45, 7) is 11.7. The maximum Gasteiger partial charge on any atom is 0.0158 e. The number of unbranched alkanes of at least 4 members (excludes halogenated alkanes) is 3. The summed E-state index contributed by atoms with van der Waals surface area (Å²) in [5, 5.41) is 4.43. The van der Waals surface area contributed by atoms with Crippen LogP contribution in [-0.2, 0) is 0 Å². The van der Waals surface area contributed by atoms with Crippen LogP contribution >= 0.6 is 11.8 Å². The monoisotopic (exact) mass is 257 g/mol. The Bertz CT molecular complexity index is 168. The van der Waals surface area contributed by atoms with Gasteiger partial charge in [0.05, 0.1) is 0 Å². The minimum atomic E-state index is 0.714. The standard InChI is InChI=1S/C15H31NS/c1-5-7-8-9-10-11-15(16-12-6-2)13-17-14(3)4/h5,14-16H,1,6-13H2,2-4H3. The number of hydrogen-bond donors (Lipinski definition) is 1. The van der Waals surface area contributed by atoms with Crippen molar-refractivity contribution in [3.8, 4) is 0 Å². The summed E-state index contributed by atoms with van der Waals surface area (Å²) < 4.78 is 0. The molecule has 2 heteroatoms. The number of nitrogens with one attached hydrogen (secondary N) is 1.